The van der Waals surface area contributed by atoms with E-state index in [9.17, 15) is 13.2 Å². The van der Waals surface area contributed by atoms with Crippen molar-refractivity contribution in [3.8, 4) is 11.3 Å². The Labute approximate surface area is 184 Å². The van der Waals surface area contributed by atoms with Gasteiger partial charge in [-0.05, 0) is 61.9 Å². The largest absolute Gasteiger partial charge is 0.366 e. The molecule has 32 heavy (non-hydrogen) atoms. The predicted octanol–water partition coefficient (Wildman–Crippen LogP) is 4.84. The van der Waals surface area contributed by atoms with E-state index in [0.29, 0.717) is 35.8 Å². The second kappa shape index (κ2) is 8.50. The SMILES string of the molecule is CC(c1ccccn1)N1C[C@H]2CC(Nc3ccc(-c4cc(F)cc(F)c4F)nn3)C[C@H]2C1. The second-order valence-corrected chi connectivity index (χ2v) is 8.77. The monoisotopic (exact) mass is 439 g/mol. The third-order valence-electron chi connectivity index (χ3n) is 6.73. The van der Waals surface area contributed by atoms with Crippen molar-refractivity contribution in [1.29, 1.82) is 0 Å². The van der Waals surface area contributed by atoms with Crippen LogP contribution in [0.3, 0.4) is 0 Å². The first kappa shape index (κ1) is 20.9. The highest BCUT2D eigenvalue weighted by atomic mass is 19.2. The highest BCUT2D eigenvalue weighted by Gasteiger charge is 2.42. The molecule has 3 aromatic rings. The van der Waals surface area contributed by atoms with Crippen LogP contribution in [0, 0.1) is 29.3 Å². The van der Waals surface area contributed by atoms with Crippen molar-refractivity contribution in [3.05, 3.63) is 71.8 Å². The number of nitrogens with zero attached hydrogens (tertiary/aromatic N) is 4. The van der Waals surface area contributed by atoms with Crippen LogP contribution >= 0.6 is 0 Å². The molecule has 2 fully saturated rings. The lowest BCUT2D eigenvalue weighted by Crippen LogP contribution is -2.28. The fourth-order valence-electron chi connectivity index (χ4n) is 5.08. The number of pyridine rings is 1. The molecule has 2 aromatic heterocycles. The number of rotatable bonds is 5. The molecule has 2 unspecified atom stereocenters. The summed E-state index contributed by atoms with van der Waals surface area (Å²) < 4.78 is 40.9. The molecule has 2 aliphatic rings. The van der Waals surface area contributed by atoms with Crippen molar-refractivity contribution in [3.63, 3.8) is 0 Å². The molecule has 166 valence electrons. The molecule has 1 aromatic carbocycles. The van der Waals surface area contributed by atoms with E-state index in [1.807, 2.05) is 18.3 Å². The molecule has 1 saturated carbocycles. The summed E-state index contributed by atoms with van der Waals surface area (Å²) in [5, 5.41) is 11.5. The number of likely N-dealkylation sites (tertiary alicyclic amines) is 1. The van der Waals surface area contributed by atoms with E-state index in [-0.39, 0.29) is 11.3 Å². The topological polar surface area (TPSA) is 53.9 Å². The maximum absolute atomic E-state index is 14.0. The highest BCUT2D eigenvalue weighted by molar-refractivity contribution is 5.60. The van der Waals surface area contributed by atoms with Gasteiger partial charge in [-0.2, -0.15) is 0 Å². The van der Waals surface area contributed by atoms with Gasteiger partial charge in [0, 0.05) is 43.0 Å². The predicted molar refractivity (Wildman–Crippen MR) is 115 cm³/mol. The Hall–Kier alpha value is -3.00. The van der Waals surface area contributed by atoms with Crippen molar-refractivity contribution < 1.29 is 13.2 Å². The summed E-state index contributed by atoms with van der Waals surface area (Å²) in [5.41, 5.74) is 0.958. The van der Waals surface area contributed by atoms with Gasteiger partial charge < -0.3 is 5.32 Å². The van der Waals surface area contributed by atoms with Crippen molar-refractivity contribution >= 4 is 5.82 Å². The molecule has 1 aliphatic carbocycles. The molecule has 0 radical (unpaired) electrons. The molecule has 0 amide bonds. The van der Waals surface area contributed by atoms with Crippen molar-refractivity contribution in [2.24, 2.45) is 11.8 Å². The van der Waals surface area contributed by atoms with Gasteiger partial charge in [0.1, 0.15) is 11.6 Å². The molecule has 8 heteroatoms. The number of fused-ring (bicyclic) bond motifs is 1. The summed E-state index contributed by atoms with van der Waals surface area (Å²) in [6.45, 7) is 4.31. The van der Waals surface area contributed by atoms with Crippen molar-refractivity contribution in [2.75, 3.05) is 18.4 Å². The van der Waals surface area contributed by atoms with Gasteiger partial charge in [-0.1, -0.05) is 6.07 Å². The standard InChI is InChI=1S/C24H24F3N5/c1-14(21-4-2-3-7-28-21)32-12-15-8-18(9-16(15)13-32)29-23-6-5-22(30-31-23)19-10-17(25)11-20(26)24(19)27/h2-7,10-11,14-16,18H,8-9,12-13H2,1H3,(H,29,31)/t14?,15-,16+,18?. The van der Waals surface area contributed by atoms with Gasteiger partial charge in [-0.25, -0.2) is 13.2 Å². The minimum absolute atomic E-state index is 0.0916. The number of halogens is 3. The van der Waals surface area contributed by atoms with Crippen LogP contribution in [-0.2, 0) is 0 Å². The van der Waals surface area contributed by atoms with Crippen LogP contribution in [0.5, 0.6) is 0 Å². The van der Waals surface area contributed by atoms with Crippen LogP contribution in [0.4, 0.5) is 19.0 Å². The molecular formula is C24H24F3N5. The van der Waals surface area contributed by atoms with Crippen LogP contribution in [0.2, 0.25) is 0 Å². The average Bonchev–Trinajstić information content (AvgIpc) is 3.36. The summed E-state index contributed by atoms with van der Waals surface area (Å²) in [7, 11) is 0. The van der Waals surface area contributed by atoms with Crippen LogP contribution < -0.4 is 5.32 Å². The summed E-state index contributed by atoms with van der Waals surface area (Å²) in [6.07, 6.45) is 3.93. The van der Waals surface area contributed by atoms with Crippen LogP contribution in [0.25, 0.3) is 11.3 Å². The van der Waals surface area contributed by atoms with E-state index < -0.39 is 17.5 Å². The Morgan fingerprint density at radius 1 is 1.00 bits per heavy atom. The molecule has 4 atom stereocenters. The molecule has 1 N–H and O–H groups in total. The zero-order valence-corrected chi connectivity index (χ0v) is 17.7. The molecule has 0 spiro atoms. The Morgan fingerprint density at radius 2 is 1.78 bits per heavy atom. The Bertz CT molecular complexity index is 1080. The number of nitrogens with one attached hydrogen (secondary N) is 1. The zero-order chi connectivity index (χ0) is 22.2. The van der Waals surface area contributed by atoms with Gasteiger partial charge >= 0.3 is 0 Å². The molecular weight excluding hydrogens is 415 g/mol. The third kappa shape index (κ3) is 4.07. The van der Waals surface area contributed by atoms with Crippen molar-refractivity contribution in [1.82, 2.24) is 20.1 Å². The number of aromatic nitrogens is 3. The fourth-order valence-corrected chi connectivity index (χ4v) is 5.08. The second-order valence-electron chi connectivity index (χ2n) is 8.77. The van der Waals surface area contributed by atoms with Crippen molar-refractivity contribution in [2.45, 2.75) is 31.8 Å². The van der Waals surface area contributed by atoms with Gasteiger partial charge in [-0.3, -0.25) is 9.88 Å². The van der Waals surface area contributed by atoms with Gasteiger partial charge in [0.05, 0.1) is 11.4 Å². The third-order valence-corrected chi connectivity index (χ3v) is 6.73. The molecule has 1 aliphatic heterocycles. The van der Waals surface area contributed by atoms with Gasteiger partial charge in [-0.15, -0.1) is 10.2 Å². The van der Waals surface area contributed by atoms with Gasteiger partial charge in [0.25, 0.3) is 0 Å². The molecule has 5 rings (SSSR count). The summed E-state index contributed by atoms with van der Waals surface area (Å²) >= 11 is 0. The lowest BCUT2D eigenvalue weighted by molar-refractivity contribution is 0.237. The van der Waals surface area contributed by atoms with Gasteiger partial charge in [0.2, 0.25) is 0 Å². The van der Waals surface area contributed by atoms with Crippen LogP contribution in [0.15, 0.2) is 48.7 Å². The molecule has 5 nitrogen and oxygen atoms in total. The molecule has 0 bridgehead atoms. The first-order chi connectivity index (χ1) is 15.5. The Kier molecular flexibility index (Phi) is 5.55. The van der Waals surface area contributed by atoms with E-state index in [2.05, 4.69) is 38.4 Å². The quantitative estimate of drug-likeness (QED) is 0.577. The van der Waals surface area contributed by atoms with E-state index in [1.54, 1.807) is 6.07 Å². The minimum Gasteiger partial charge on any atom is -0.366 e. The lowest BCUT2D eigenvalue weighted by Gasteiger charge is -2.25. The molecule has 1 saturated heterocycles. The summed E-state index contributed by atoms with van der Waals surface area (Å²) in [5.74, 6) is -1.41. The maximum Gasteiger partial charge on any atom is 0.168 e. The Morgan fingerprint density at radius 3 is 2.44 bits per heavy atom. The maximum atomic E-state index is 14.0. The van der Waals surface area contributed by atoms with Crippen LogP contribution in [-0.4, -0.2) is 39.2 Å². The van der Waals surface area contributed by atoms with Gasteiger partial charge in [0.15, 0.2) is 11.6 Å². The smallest absolute Gasteiger partial charge is 0.168 e. The van der Waals surface area contributed by atoms with E-state index in [1.165, 1.54) is 6.07 Å². The van der Waals surface area contributed by atoms with E-state index in [0.717, 1.165) is 37.7 Å². The number of benzene rings is 1. The zero-order valence-electron chi connectivity index (χ0n) is 17.7. The van der Waals surface area contributed by atoms with E-state index in [4.69, 9.17) is 0 Å². The first-order valence-corrected chi connectivity index (χ1v) is 10.9. The normalized spacial score (nSPS) is 23.8. The number of anilines is 1. The number of hydrogen-bond donors (Lipinski definition) is 1. The lowest BCUT2D eigenvalue weighted by atomic mass is 10.0. The Balaban J connectivity index is 1.20. The molecule has 3 heterocycles. The van der Waals surface area contributed by atoms with Crippen LogP contribution in [0.1, 0.15) is 31.5 Å². The minimum atomic E-state index is -1.24. The fraction of sp³-hybridized carbons (Fsp3) is 0.375. The summed E-state index contributed by atoms with van der Waals surface area (Å²) in [4.78, 5) is 7.01. The first-order valence-electron chi connectivity index (χ1n) is 10.9. The number of hydrogen-bond acceptors (Lipinski definition) is 5. The summed E-state index contributed by atoms with van der Waals surface area (Å²) in [6, 6.07) is 11.3. The highest BCUT2D eigenvalue weighted by Crippen LogP contribution is 2.41. The average molecular weight is 439 g/mol. The van der Waals surface area contributed by atoms with E-state index >= 15 is 0 Å².